The highest BCUT2D eigenvalue weighted by Crippen LogP contribution is 2.36. The summed E-state index contributed by atoms with van der Waals surface area (Å²) in [6, 6.07) is 8.61. The van der Waals surface area contributed by atoms with Crippen molar-refractivity contribution in [1.82, 2.24) is 5.32 Å². The quantitative estimate of drug-likeness (QED) is 0.692. The van der Waals surface area contributed by atoms with Crippen molar-refractivity contribution >= 4 is 38.9 Å². The van der Waals surface area contributed by atoms with Crippen molar-refractivity contribution in [2.75, 3.05) is 6.54 Å². The van der Waals surface area contributed by atoms with Gasteiger partial charge in [0.15, 0.2) is 0 Å². The highest BCUT2D eigenvalue weighted by Gasteiger charge is 2.19. The van der Waals surface area contributed by atoms with Gasteiger partial charge in [0.25, 0.3) is 0 Å². The zero-order valence-electron chi connectivity index (χ0n) is 12.0. The Morgan fingerprint density at radius 1 is 1.35 bits per heavy atom. The molecular weight excluding hydrogens is 354 g/mol. The number of hydrogen-bond donors (Lipinski definition) is 1. The fraction of sp³-hybridized carbons (Fsp3) is 0.375. The maximum atomic E-state index is 6.52. The van der Waals surface area contributed by atoms with Crippen LogP contribution >= 0.6 is 38.9 Å². The van der Waals surface area contributed by atoms with Crippen molar-refractivity contribution in [2.45, 2.75) is 33.2 Å². The Hall–Kier alpha value is -0.350. The fourth-order valence-corrected chi connectivity index (χ4v) is 4.06. The molecule has 1 aromatic carbocycles. The van der Waals surface area contributed by atoms with E-state index in [9.17, 15) is 0 Å². The minimum atomic E-state index is 0.164. The van der Waals surface area contributed by atoms with Gasteiger partial charge in [-0.25, -0.2) is 0 Å². The maximum absolute atomic E-state index is 6.52. The van der Waals surface area contributed by atoms with Gasteiger partial charge in [-0.1, -0.05) is 36.7 Å². The summed E-state index contributed by atoms with van der Waals surface area (Å²) in [6.45, 7) is 7.34. The van der Waals surface area contributed by atoms with Crippen molar-refractivity contribution in [1.29, 1.82) is 0 Å². The lowest BCUT2D eigenvalue weighted by Gasteiger charge is -2.20. The molecule has 1 heterocycles. The van der Waals surface area contributed by atoms with E-state index in [-0.39, 0.29) is 6.04 Å². The molecular formula is C16H19BrClNS. The summed E-state index contributed by atoms with van der Waals surface area (Å²) in [5.74, 6) is 0. The summed E-state index contributed by atoms with van der Waals surface area (Å²) in [5, 5.41) is 4.48. The molecule has 1 unspecified atom stereocenters. The van der Waals surface area contributed by atoms with Gasteiger partial charge in [0.1, 0.15) is 0 Å². The van der Waals surface area contributed by atoms with E-state index in [0.29, 0.717) is 0 Å². The number of thiophene rings is 1. The van der Waals surface area contributed by atoms with Crippen LogP contribution in [-0.4, -0.2) is 6.54 Å². The average Bonchev–Trinajstić information content (AvgIpc) is 2.74. The Morgan fingerprint density at radius 2 is 2.10 bits per heavy atom. The van der Waals surface area contributed by atoms with E-state index in [2.05, 4.69) is 66.3 Å². The summed E-state index contributed by atoms with van der Waals surface area (Å²) in [7, 11) is 0. The minimum absolute atomic E-state index is 0.164. The Labute approximate surface area is 138 Å². The summed E-state index contributed by atoms with van der Waals surface area (Å²) < 4.78 is 1.17. The lowest BCUT2D eigenvalue weighted by molar-refractivity contribution is 0.605. The number of rotatable bonds is 5. The Balaban J connectivity index is 2.44. The second kappa shape index (κ2) is 7.08. The smallest absolute Gasteiger partial charge is 0.0686 e. The van der Waals surface area contributed by atoms with Gasteiger partial charge in [-0.05, 0) is 59.9 Å². The zero-order valence-corrected chi connectivity index (χ0v) is 15.1. The van der Waals surface area contributed by atoms with Crippen LogP contribution in [0.5, 0.6) is 0 Å². The topological polar surface area (TPSA) is 12.0 Å². The van der Waals surface area contributed by atoms with Gasteiger partial charge in [0, 0.05) is 19.2 Å². The van der Waals surface area contributed by atoms with Gasteiger partial charge in [-0.2, -0.15) is 0 Å². The van der Waals surface area contributed by atoms with Crippen molar-refractivity contribution in [3.8, 4) is 0 Å². The van der Waals surface area contributed by atoms with Gasteiger partial charge in [0.05, 0.1) is 6.04 Å². The lowest BCUT2D eigenvalue weighted by atomic mass is 10.0. The molecule has 0 radical (unpaired) electrons. The van der Waals surface area contributed by atoms with E-state index < -0.39 is 0 Å². The molecule has 0 aliphatic rings. The van der Waals surface area contributed by atoms with Crippen molar-refractivity contribution in [3.05, 3.63) is 54.6 Å². The Bertz CT molecular complexity index is 575. The molecule has 1 N–H and O–H groups in total. The molecule has 0 saturated heterocycles. The molecule has 0 bridgehead atoms. The molecule has 1 atom stereocenters. The molecule has 108 valence electrons. The van der Waals surface area contributed by atoms with Crippen molar-refractivity contribution in [3.63, 3.8) is 0 Å². The molecule has 0 saturated carbocycles. The first kappa shape index (κ1) is 16.0. The van der Waals surface area contributed by atoms with Crippen LogP contribution in [0.3, 0.4) is 0 Å². The average molecular weight is 373 g/mol. The minimum Gasteiger partial charge on any atom is -0.306 e. The van der Waals surface area contributed by atoms with E-state index in [1.165, 1.54) is 14.2 Å². The third kappa shape index (κ3) is 3.45. The van der Waals surface area contributed by atoms with Crippen LogP contribution in [0.4, 0.5) is 0 Å². The molecule has 0 fully saturated rings. The van der Waals surface area contributed by atoms with Crippen LogP contribution in [0.1, 0.15) is 40.3 Å². The predicted molar refractivity (Wildman–Crippen MR) is 93.1 cm³/mol. The molecule has 1 nitrogen and oxygen atoms in total. The molecule has 0 aliphatic carbocycles. The molecule has 0 spiro atoms. The number of aryl methyl sites for hydroxylation is 2. The van der Waals surface area contributed by atoms with E-state index in [1.807, 2.05) is 11.3 Å². The number of hydrogen-bond acceptors (Lipinski definition) is 2. The largest absolute Gasteiger partial charge is 0.306 e. The third-order valence-corrected chi connectivity index (χ3v) is 6.01. The SMILES string of the molecule is CCCNC(c1cc(Br)c(C)s1)c1cccc(C)c1Cl. The molecule has 0 amide bonds. The normalized spacial score (nSPS) is 12.7. The monoisotopic (exact) mass is 371 g/mol. The van der Waals surface area contributed by atoms with Crippen LogP contribution < -0.4 is 5.32 Å². The van der Waals surface area contributed by atoms with E-state index >= 15 is 0 Å². The number of benzene rings is 1. The van der Waals surface area contributed by atoms with Crippen molar-refractivity contribution in [2.24, 2.45) is 0 Å². The van der Waals surface area contributed by atoms with Crippen LogP contribution in [0.25, 0.3) is 0 Å². The second-order valence-corrected chi connectivity index (χ2v) is 7.44. The number of halogens is 2. The summed E-state index contributed by atoms with van der Waals surface area (Å²) in [6.07, 6.45) is 1.10. The molecule has 2 rings (SSSR count). The highest BCUT2D eigenvalue weighted by atomic mass is 79.9. The van der Waals surface area contributed by atoms with E-state index in [1.54, 1.807) is 0 Å². The standard InChI is InChI=1S/C16H19BrClNS/c1-4-8-19-16(14-9-13(17)11(3)20-14)12-7-5-6-10(2)15(12)18/h5-7,9,16,19H,4,8H2,1-3H3. The molecule has 4 heteroatoms. The zero-order chi connectivity index (χ0) is 14.7. The van der Waals surface area contributed by atoms with Gasteiger partial charge < -0.3 is 5.32 Å². The van der Waals surface area contributed by atoms with Gasteiger partial charge in [0.2, 0.25) is 0 Å². The van der Waals surface area contributed by atoms with Gasteiger partial charge in [-0.15, -0.1) is 11.3 Å². The van der Waals surface area contributed by atoms with Crippen LogP contribution in [-0.2, 0) is 0 Å². The molecule has 2 aromatic rings. The lowest BCUT2D eigenvalue weighted by Crippen LogP contribution is -2.22. The van der Waals surface area contributed by atoms with Crippen LogP contribution in [0.15, 0.2) is 28.7 Å². The number of nitrogens with one attached hydrogen (secondary N) is 1. The Kier molecular flexibility index (Phi) is 5.67. The maximum Gasteiger partial charge on any atom is 0.0686 e. The fourth-order valence-electron chi connectivity index (χ4n) is 2.17. The van der Waals surface area contributed by atoms with E-state index in [4.69, 9.17) is 11.6 Å². The first-order valence-corrected chi connectivity index (χ1v) is 8.77. The second-order valence-electron chi connectivity index (χ2n) is 4.92. The highest BCUT2D eigenvalue weighted by molar-refractivity contribution is 9.10. The molecule has 20 heavy (non-hydrogen) atoms. The first-order valence-electron chi connectivity index (χ1n) is 6.78. The summed E-state index contributed by atoms with van der Waals surface area (Å²) in [4.78, 5) is 2.60. The Morgan fingerprint density at radius 3 is 2.70 bits per heavy atom. The first-order chi connectivity index (χ1) is 9.54. The van der Waals surface area contributed by atoms with Crippen LogP contribution in [0.2, 0.25) is 5.02 Å². The molecule has 0 aliphatic heterocycles. The van der Waals surface area contributed by atoms with Crippen molar-refractivity contribution < 1.29 is 0 Å². The summed E-state index contributed by atoms with van der Waals surface area (Å²) >= 11 is 11.9. The van der Waals surface area contributed by atoms with Crippen LogP contribution in [0, 0.1) is 13.8 Å². The summed E-state index contributed by atoms with van der Waals surface area (Å²) in [5.41, 5.74) is 2.29. The third-order valence-electron chi connectivity index (χ3n) is 3.29. The molecule has 1 aromatic heterocycles. The van der Waals surface area contributed by atoms with Gasteiger partial charge >= 0.3 is 0 Å². The predicted octanol–water partition coefficient (Wildman–Crippen LogP) is 5.87. The van der Waals surface area contributed by atoms with E-state index in [0.717, 1.165) is 29.1 Å². The van der Waals surface area contributed by atoms with Gasteiger partial charge in [-0.3, -0.25) is 0 Å².